The molecule has 0 amide bonds. The van der Waals surface area contributed by atoms with Crippen LogP contribution in [0.3, 0.4) is 0 Å². The van der Waals surface area contributed by atoms with Gasteiger partial charge in [0, 0.05) is 7.05 Å². The number of esters is 1. The van der Waals surface area contributed by atoms with Crippen molar-refractivity contribution in [3.05, 3.63) is 30.1 Å². The first kappa shape index (κ1) is 9.71. The lowest BCUT2D eigenvalue weighted by Crippen LogP contribution is -2.09. The highest BCUT2D eigenvalue weighted by Crippen LogP contribution is 2.14. The van der Waals surface area contributed by atoms with Crippen molar-refractivity contribution in [1.82, 2.24) is 9.55 Å². The van der Waals surface area contributed by atoms with E-state index in [2.05, 4.69) is 9.72 Å². The van der Waals surface area contributed by atoms with Gasteiger partial charge in [0.2, 0.25) is 0 Å². The summed E-state index contributed by atoms with van der Waals surface area (Å²) < 4.78 is 6.52. The van der Waals surface area contributed by atoms with Crippen LogP contribution in [-0.2, 0) is 23.0 Å². The molecular formula is C11H12N2O2. The average molecular weight is 204 g/mol. The van der Waals surface area contributed by atoms with Gasteiger partial charge in [0.25, 0.3) is 0 Å². The summed E-state index contributed by atoms with van der Waals surface area (Å²) in [5.74, 6) is 0.455. The van der Waals surface area contributed by atoms with Gasteiger partial charge in [-0.1, -0.05) is 12.1 Å². The van der Waals surface area contributed by atoms with Gasteiger partial charge < -0.3 is 9.30 Å². The highest BCUT2D eigenvalue weighted by Gasteiger charge is 2.10. The number of para-hydroxylation sites is 2. The fourth-order valence-electron chi connectivity index (χ4n) is 1.55. The topological polar surface area (TPSA) is 44.1 Å². The van der Waals surface area contributed by atoms with Crippen molar-refractivity contribution in [2.45, 2.75) is 6.42 Å². The molecule has 0 saturated carbocycles. The molecule has 0 radical (unpaired) electrons. The average Bonchev–Trinajstić information content (AvgIpc) is 2.57. The number of hydrogen-bond donors (Lipinski definition) is 0. The van der Waals surface area contributed by atoms with Crippen LogP contribution in [0.5, 0.6) is 0 Å². The minimum absolute atomic E-state index is 0.210. The molecule has 0 N–H and O–H groups in total. The third kappa shape index (κ3) is 1.70. The van der Waals surface area contributed by atoms with E-state index in [4.69, 9.17) is 0 Å². The molecule has 0 atom stereocenters. The number of methoxy groups -OCH3 is 1. The van der Waals surface area contributed by atoms with Crippen molar-refractivity contribution in [3.8, 4) is 0 Å². The van der Waals surface area contributed by atoms with E-state index < -0.39 is 0 Å². The Bertz CT molecular complexity index is 502. The van der Waals surface area contributed by atoms with Crippen molar-refractivity contribution in [1.29, 1.82) is 0 Å². The SMILES string of the molecule is COC(=O)Cc1nc2ccccc2n1C. The van der Waals surface area contributed by atoms with Gasteiger partial charge in [0.05, 0.1) is 18.1 Å². The zero-order valence-corrected chi connectivity index (χ0v) is 8.73. The van der Waals surface area contributed by atoms with E-state index in [9.17, 15) is 4.79 Å². The minimum atomic E-state index is -0.270. The first-order chi connectivity index (χ1) is 7.22. The van der Waals surface area contributed by atoms with Gasteiger partial charge in [0.15, 0.2) is 0 Å². The molecule has 0 aliphatic carbocycles. The number of benzene rings is 1. The third-order valence-corrected chi connectivity index (χ3v) is 2.41. The third-order valence-electron chi connectivity index (χ3n) is 2.41. The van der Waals surface area contributed by atoms with E-state index in [0.29, 0.717) is 0 Å². The van der Waals surface area contributed by atoms with Gasteiger partial charge in [-0.2, -0.15) is 0 Å². The van der Waals surface area contributed by atoms with Gasteiger partial charge in [0.1, 0.15) is 12.2 Å². The van der Waals surface area contributed by atoms with Crippen LogP contribution >= 0.6 is 0 Å². The molecule has 4 heteroatoms. The Balaban J connectivity index is 2.44. The molecule has 0 fully saturated rings. The van der Waals surface area contributed by atoms with Crippen molar-refractivity contribution in [2.24, 2.45) is 7.05 Å². The Morgan fingerprint density at radius 2 is 2.20 bits per heavy atom. The first-order valence-electron chi connectivity index (χ1n) is 4.69. The Labute approximate surface area is 87.5 Å². The van der Waals surface area contributed by atoms with E-state index in [1.54, 1.807) is 0 Å². The predicted octanol–water partition coefficient (Wildman–Crippen LogP) is 1.29. The number of imidazole rings is 1. The lowest BCUT2D eigenvalue weighted by molar-refractivity contribution is -0.139. The van der Waals surface area contributed by atoms with E-state index in [1.807, 2.05) is 35.9 Å². The quantitative estimate of drug-likeness (QED) is 0.692. The highest BCUT2D eigenvalue weighted by atomic mass is 16.5. The molecule has 0 aliphatic heterocycles. The maximum atomic E-state index is 11.1. The Hall–Kier alpha value is -1.84. The van der Waals surface area contributed by atoms with Crippen LogP contribution in [0, 0.1) is 0 Å². The smallest absolute Gasteiger partial charge is 0.313 e. The molecule has 2 rings (SSSR count). The monoisotopic (exact) mass is 204 g/mol. The van der Waals surface area contributed by atoms with Crippen LogP contribution in [0.25, 0.3) is 11.0 Å². The summed E-state index contributed by atoms with van der Waals surface area (Å²) in [5, 5.41) is 0. The maximum Gasteiger partial charge on any atom is 0.313 e. The summed E-state index contributed by atoms with van der Waals surface area (Å²) in [6, 6.07) is 7.78. The van der Waals surface area contributed by atoms with Gasteiger partial charge >= 0.3 is 5.97 Å². The van der Waals surface area contributed by atoms with Crippen LogP contribution in [0.4, 0.5) is 0 Å². The largest absolute Gasteiger partial charge is 0.469 e. The standard InChI is InChI=1S/C11H12N2O2/c1-13-9-6-4-3-5-8(9)12-10(13)7-11(14)15-2/h3-6H,7H2,1-2H3. The highest BCUT2D eigenvalue weighted by molar-refractivity contribution is 5.78. The number of carbonyl (C=O) groups excluding carboxylic acids is 1. The Kier molecular flexibility index (Phi) is 2.41. The van der Waals surface area contributed by atoms with E-state index >= 15 is 0 Å². The molecule has 0 bridgehead atoms. The van der Waals surface area contributed by atoms with Crippen LogP contribution in [0.2, 0.25) is 0 Å². The van der Waals surface area contributed by atoms with E-state index in [1.165, 1.54) is 7.11 Å². The summed E-state index contributed by atoms with van der Waals surface area (Å²) in [6.45, 7) is 0. The molecular weight excluding hydrogens is 192 g/mol. The zero-order chi connectivity index (χ0) is 10.8. The second-order valence-corrected chi connectivity index (χ2v) is 3.33. The van der Waals surface area contributed by atoms with Crippen LogP contribution < -0.4 is 0 Å². The molecule has 2 aromatic rings. The minimum Gasteiger partial charge on any atom is -0.469 e. The molecule has 15 heavy (non-hydrogen) atoms. The fraction of sp³-hybridized carbons (Fsp3) is 0.273. The first-order valence-corrected chi connectivity index (χ1v) is 4.69. The van der Waals surface area contributed by atoms with E-state index in [0.717, 1.165) is 16.9 Å². The van der Waals surface area contributed by atoms with Crippen LogP contribution in [-0.4, -0.2) is 22.6 Å². The van der Waals surface area contributed by atoms with Crippen molar-refractivity contribution in [3.63, 3.8) is 0 Å². The van der Waals surface area contributed by atoms with Gasteiger partial charge in [-0.25, -0.2) is 4.98 Å². The van der Waals surface area contributed by atoms with Crippen molar-refractivity contribution < 1.29 is 9.53 Å². The van der Waals surface area contributed by atoms with E-state index in [-0.39, 0.29) is 12.4 Å². The second-order valence-electron chi connectivity index (χ2n) is 3.33. The Morgan fingerprint density at radius 3 is 2.87 bits per heavy atom. The normalized spacial score (nSPS) is 10.5. The molecule has 1 aromatic heterocycles. The molecule has 0 spiro atoms. The number of hydrogen-bond acceptors (Lipinski definition) is 3. The molecule has 4 nitrogen and oxygen atoms in total. The summed E-state index contributed by atoms with van der Waals surface area (Å²) in [5.41, 5.74) is 1.93. The van der Waals surface area contributed by atoms with Gasteiger partial charge in [-0.05, 0) is 12.1 Å². The van der Waals surface area contributed by atoms with Crippen LogP contribution in [0.1, 0.15) is 5.82 Å². The van der Waals surface area contributed by atoms with Gasteiger partial charge in [-0.3, -0.25) is 4.79 Å². The molecule has 0 unspecified atom stereocenters. The fourth-order valence-corrected chi connectivity index (χ4v) is 1.55. The summed E-state index contributed by atoms with van der Waals surface area (Å²) in [7, 11) is 3.28. The summed E-state index contributed by atoms with van der Waals surface area (Å²) >= 11 is 0. The molecule has 1 heterocycles. The summed E-state index contributed by atoms with van der Waals surface area (Å²) in [6.07, 6.45) is 0.210. The number of aromatic nitrogens is 2. The number of fused-ring (bicyclic) bond motifs is 1. The molecule has 1 aromatic carbocycles. The lowest BCUT2D eigenvalue weighted by atomic mass is 10.3. The van der Waals surface area contributed by atoms with Gasteiger partial charge in [-0.15, -0.1) is 0 Å². The zero-order valence-electron chi connectivity index (χ0n) is 8.73. The molecule has 78 valence electrons. The maximum absolute atomic E-state index is 11.1. The lowest BCUT2D eigenvalue weighted by Gasteiger charge is -2.00. The predicted molar refractivity (Wildman–Crippen MR) is 56.4 cm³/mol. The number of nitrogens with zero attached hydrogens (tertiary/aromatic N) is 2. The number of ether oxygens (including phenoxy) is 1. The van der Waals surface area contributed by atoms with Crippen molar-refractivity contribution in [2.75, 3.05) is 7.11 Å². The summed E-state index contributed by atoms with van der Waals surface area (Å²) in [4.78, 5) is 15.5. The molecule has 0 saturated heterocycles. The van der Waals surface area contributed by atoms with Crippen LogP contribution in [0.15, 0.2) is 24.3 Å². The van der Waals surface area contributed by atoms with Crippen molar-refractivity contribution >= 4 is 17.0 Å². The number of rotatable bonds is 2. The number of aryl methyl sites for hydroxylation is 1. The Morgan fingerprint density at radius 1 is 1.47 bits per heavy atom. The second kappa shape index (κ2) is 3.73. The molecule has 0 aliphatic rings. The number of carbonyl (C=O) groups is 1.